The number of aryl methyl sites for hydroxylation is 1. The standard InChI is InChI=1S/C29H31N3O4/c1-20-8-6-7-11-25(20)21-12-14-23(15-13-21)29(35)32-19-24(31-36-2)18-26(32)28(34)30-17-16-27(33)22-9-4-3-5-10-22/h3-15,26-27,33H,16-19H2,1-2H3,(H,30,34)/t26-,27+/m0/s1. The molecular formula is C29H31N3O4. The molecule has 36 heavy (non-hydrogen) atoms. The molecule has 0 saturated carbocycles. The van der Waals surface area contributed by atoms with Crippen LogP contribution in [0.3, 0.4) is 0 Å². The average molecular weight is 486 g/mol. The van der Waals surface area contributed by atoms with Crippen molar-refractivity contribution >= 4 is 17.5 Å². The van der Waals surface area contributed by atoms with Crippen molar-refractivity contribution in [2.45, 2.75) is 31.9 Å². The lowest BCUT2D eigenvalue weighted by Gasteiger charge is -2.24. The van der Waals surface area contributed by atoms with E-state index in [1.54, 1.807) is 12.1 Å². The van der Waals surface area contributed by atoms with Gasteiger partial charge in [-0.25, -0.2) is 0 Å². The van der Waals surface area contributed by atoms with Crippen molar-refractivity contribution in [1.29, 1.82) is 0 Å². The number of amides is 2. The monoisotopic (exact) mass is 485 g/mol. The summed E-state index contributed by atoms with van der Waals surface area (Å²) in [6, 6.07) is 24.1. The van der Waals surface area contributed by atoms with Crippen LogP contribution >= 0.6 is 0 Å². The lowest BCUT2D eigenvalue weighted by Crippen LogP contribution is -2.46. The molecule has 0 spiro atoms. The van der Waals surface area contributed by atoms with E-state index in [0.29, 0.717) is 24.1 Å². The summed E-state index contributed by atoms with van der Waals surface area (Å²) in [6.07, 6.45) is -0.00536. The van der Waals surface area contributed by atoms with E-state index in [2.05, 4.69) is 29.5 Å². The first kappa shape index (κ1) is 25.1. The summed E-state index contributed by atoms with van der Waals surface area (Å²) >= 11 is 0. The zero-order valence-electron chi connectivity index (χ0n) is 20.6. The van der Waals surface area contributed by atoms with Crippen LogP contribution in [0.1, 0.15) is 40.4 Å². The minimum Gasteiger partial charge on any atom is -0.399 e. The molecule has 1 fully saturated rings. The van der Waals surface area contributed by atoms with E-state index in [9.17, 15) is 14.7 Å². The molecule has 0 radical (unpaired) electrons. The van der Waals surface area contributed by atoms with Gasteiger partial charge in [-0.3, -0.25) is 9.59 Å². The van der Waals surface area contributed by atoms with Gasteiger partial charge in [0, 0.05) is 18.5 Å². The van der Waals surface area contributed by atoms with Crippen LogP contribution in [0.5, 0.6) is 0 Å². The van der Waals surface area contributed by atoms with E-state index in [1.165, 1.54) is 12.0 Å². The molecule has 7 nitrogen and oxygen atoms in total. The number of hydrogen-bond acceptors (Lipinski definition) is 5. The van der Waals surface area contributed by atoms with Crippen molar-refractivity contribution in [3.8, 4) is 11.1 Å². The second kappa shape index (κ2) is 11.6. The third-order valence-electron chi connectivity index (χ3n) is 6.43. The highest BCUT2D eigenvalue weighted by atomic mass is 16.6. The minimum atomic E-state index is -0.698. The fourth-order valence-electron chi connectivity index (χ4n) is 4.49. The Morgan fingerprint density at radius 3 is 2.44 bits per heavy atom. The van der Waals surface area contributed by atoms with Gasteiger partial charge in [0.05, 0.1) is 18.4 Å². The Hall–Kier alpha value is -3.97. The molecule has 7 heteroatoms. The summed E-state index contributed by atoms with van der Waals surface area (Å²) in [5.74, 6) is -0.515. The molecule has 3 aromatic carbocycles. The van der Waals surface area contributed by atoms with Gasteiger partial charge in [-0.1, -0.05) is 71.9 Å². The molecule has 0 aromatic heterocycles. The van der Waals surface area contributed by atoms with Gasteiger partial charge in [0.25, 0.3) is 5.91 Å². The number of likely N-dealkylation sites (tertiary alicyclic amines) is 1. The molecule has 2 amide bonds. The fraction of sp³-hybridized carbons (Fsp3) is 0.276. The van der Waals surface area contributed by atoms with Crippen LogP contribution in [0.2, 0.25) is 0 Å². The highest BCUT2D eigenvalue weighted by Gasteiger charge is 2.38. The molecule has 0 unspecified atom stereocenters. The molecule has 186 valence electrons. The normalized spacial score (nSPS) is 17.1. The van der Waals surface area contributed by atoms with Crippen LogP contribution in [0.15, 0.2) is 84.0 Å². The lowest BCUT2D eigenvalue weighted by atomic mass is 9.99. The second-order valence-corrected chi connectivity index (χ2v) is 8.89. The van der Waals surface area contributed by atoms with Crippen LogP contribution < -0.4 is 5.32 Å². The Kier molecular flexibility index (Phi) is 8.13. The molecule has 1 aliphatic heterocycles. The second-order valence-electron chi connectivity index (χ2n) is 8.89. The first-order valence-electron chi connectivity index (χ1n) is 12.0. The number of nitrogens with one attached hydrogen (secondary N) is 1. The number of hydrogen-bond donors (Lipinski definition) is 2. The van der Waals surface area contributed by atoms with Gasteiger partial charge < -0.3 is 20.2 Å². The van der Waals surface area contributed by atoms with Crippen molar-refractivity contribution in [3.63, 3.8) is 0 Å². The molecule has 2 atom stereocenters. The topological polar surface area (TPSA) is 91.2 Å². The number of aliphatic hydroxyl groups excluding tert-OH is 1. The number of rotatable bonds is 8. The summed E-state index contributed by atoms with van der Waals surface area (Å²) in [7, 11) is 1.45. The first-order chi connectivity index (χ1) is 17.5. The van der Waals surface area contributed by atoms with Gasteiger partial charge in [-0.2, -0.15) is 0 Å². The molecule has 0 bridgehead atoms. The molecule has 0 aliphatic carbocycles. The maximum atomic E-state index is 13.4. The molecule has 2 N–H and O–H groups in total. The Morgan fingerprint density at radius 2 is 1.75 bits per heavy atom. The van der Waals surface area contributed by atoms with Gasteiger partial charge in [-0.15, -0.1) is 0 Å². The predicted molar refractivity (Wildman–Crippen MR) is 140 cm³/mol. The fourth-order valence-corrected chi connectivity index (χ4v) is 4.49. The van der Waals surface area contributed by atoms with E-state index >= 15 is 0 Å². The summed E-state index contributed by atoms with van der Waals surface area (Å²) in [4.78, 5) is 32.9. The van der Waals surface area contributed by atoms with Crippen LogP contribution in [-0.4, -0.2) is 53.8 Å². The number of aliphatic hydroxyl groups is 1. The summed E-state index contributed by atoms with van der Waals surface area (Å²) in [5, 5.41) is 17.2. The SMILES string of the molecule is CON=C1C[C@@H](C(=O)NCC[C@@H](O)c2ccccc2)N(C(=O)c2ccc(-c3ccccc3C)cc2)C1. The van der Waals surface area contributed by atoms with Crippen LogP contribution in [0.4, 0.5) is 0 Å². The van der Waals surface area contributed by atoms with Crippen molar-refractivity contribution in [1.82, 2.24) is 10.2 Å². The smallest absolute Gasteiger partial charge is 0.254 e. The van der Waals surface area contributed by atoms with Crippen LogP contribution in [0.25, 0.3) is 11.1 Å². The third-order valence-corrected chi connectivity index (χ3v) is 6.43. The van der Waals surface area contributed by atoms with Crippen LogP contribution in [-0.2, 0) is 9.63 Å². The third kappa shape index (κ3) is 5.80. The van der Waals surface area contributed by atoms with Crippen molar-refractivity contribution < 1.29 is 19.5 Å². The number of benzene rings is 3. The Morgan fingerprint density at radius 1 is 1.06 bits per heavy atom. The van der Waals surface area contributed by atoms with E-state index in [-0.39, 0.29) is 24.9 Å². The summed E-state index contributed by atoms with van der Waals surface area (Å²) < 4.78 is 0. The molecule has 1 aliphatic rings. The van der Waals surface area contributed by atoms with E-state index < -0.39 is 12.1 Å². The Balaban J connectivity index is 1.44. The minimum absolute atomic E-state index is 0.219. The zero-order chi connectivity index (χ0) is 25.5. The quantitative estimate of drug-likeness (QED) is 0.470. The molecule has 1 heterocycles. The first-order valence-corrected chi connectivity index (χ1v) is 12.0. The van der Waals surface area contributed by atoms with Crippen molar-refractivity contribution in [2.24, 2.45) is 5.16 Å². The zero-order valence-corrected chi connectivity index (χ0v) is 20.6. The number of nitrogens with zero attached hydrogens (tertiary/aromatic N) is 2. The van der Waals surface area contributed by atoms with Crippen molar-refractivity contribution in [2.75, 3.05) is 20.2 Å². The molecule has 1 saturated heterocycles. The number of carbonyl (C=O) groups is 2. The van der Waals surface area contributed by atoms with E-state index in [4.69, 9.17) is 4.84 Å². The number of carbonyl (C=O) groups excluding carboxylic acids is 2. The van der Waals surface area contributed by atoms with E-state index in [0.717, 1.165) is 22.3 Å². The van der Waals surface area contributed by atoms with Gasteiger partial charge in [0.15, 0.2) is 0 Å². The molecular weight excluding hydrogens is 454 g/mol. The van der Waals surface area contributed by atoms with Crippen LogP contribution in [0, 0.1) is 6.92 Å². The Bertz CT molecular complexity index is 1220. The largest absolute Gasteiger partial charge is 0.399 e. The molecule has 3 aromatic rings. The Labute approximate surface area is 211 Å². The van der Waals surface area contributed by atoms with Gasteiger partial charge in [0.2, 0.25) is 5.91 Å². The highest BCUT2D eigenvalue weighted by molar-refractivity contribution is 6.05. The van der Waals surface area contributed by atoms with Gasteiger partial charge in [-0.05, 0) is 47.7 Å². The summed E-state index contributed by atoms with van der Waals surface area (Å²) in [5.41, 5.74) is 5.23. The lowest BCUT2D eigenvalue weighted by molar-refractivity contribution is -0.124. The average Bonchev–Trinajstić information content (AvgIpc) is 3.33. The van der Waals surface area contributed by atoms with Gasteiger partial charge >= 0.3 is 0 Å². The molecule has 4 rings (SSSR count). The van der Waals surface area contributed by atoms with Gasteiger partial charge in [0.1, 0.15) is 13.2 Å². The van der Waals surface area contributed by atoms with E-state index in [1.807, 2.05) is 54.6 Å². The number of oxime groups is 1. The maximum absolute atomic E-state index is 13.4. The maximum Gasteiger partial charge on any atom is 0.254 e. The predicted octanol–water partition coefficient (Wildman–Crippen LogP) is 4.12. The summed E-state index contributed by atoms with van der Waals surface area (Å²) in [6.45, 7) is 2.56. The highest BCUT2D eigenvalue weighted by Crippen LogP contribution is 2.25. The van der Waals surface area contributed by atoms with Crippen molar-refractivity contribution in [3.05, 3.63) is 95.6 Å².